The molecule has 1 N–H and O–H groups in total. The molecule has 3 rings (SSSR count). The van der Waals surface area contributed by atoms with E-state index in [1.54, 1.807) is 7.11 Å². The molecule has 0 spiro atoms. The Morgan fingerprint density at radius 3 is 2.35 bits per heavy atom. The van der Waals surface area contributed by atoms with Crippen LogP contribution in [0.2, 0.25) is 0 Å². The number of thioether (sulfide) groups is 1. The molecule has 0 saturated heterocycles. The lowest BCUT2D eigenvalue weighted by Gasteiger charge is -2.12. The van der Waals surface area contributed by atoms with Crippen LogP contribution in [0.3, 0.4) is 0 Å². The zero-order chi connectivity index (χ0) is 18.5. The van der Waals surface area contributed by atoms with E-state index in [9.17, 15) is 4.79 Å². The van der Waals surface area contributed by atoms with Crippen LogP contribution >= 0.6 is 11.8 Å². The zero-order valence-corrected chi connectivity index (χ0v) is 16.1. The van der Waals surface area contributed by atoms with Crippen LogP contribution in [0, 0.1) is 0 Å². The summed E-state index contributed by atoms with van der Waals surface area (Å²) in [6.07, 6.45) is 0.354. The van der Waals surface area contributed by atoms with Crippen molar-refractivity contribution in [2.75, 3.05) is 12.4 Å². The Bertz CT molecular complexity index is 904. The number of rotatable bonds is 6. The van der Waals surface area contributed by atoms with Gasteiger partial charge in [0, 0.05) is 26.6 Å². The molecule has 1 amide bonds. The summed E-state index contributed by atoms with van der Waals surface area (Å²) in [5, 5.41) is 5.55. The maximum absolute atomic E-state index is 12.5. The van der Waals surface area contributed by atoms with Crippen LogP contribution in [0.25, 0.3) is 10.8 Å². The van der Waals surface area contributed by atoms with Crippen molar-refractivity contribution in [2.24, 2.45) is 0 Å². The number of carbonyl (C=O) groups is 1. The molecule has 0 atom stereocenters. The summed E-state index contributed by atoms with van der Waals surface area (Å²) in [5.74, 6) is 0.779. The number of methoxy groups -OCH3 is 1. The predicted octanol–water partition coefficient (Wildman–Crippen LogP) is 5.53. The Morgan fingerprint density at radius 1 is 1.00 bits per heavy atom. The quantitative estimate of drug-likeness (QED) is 0.584. The lowest BCUT2D eigenvalue weighted by molar-refractivity contribution is -0.115. The Hall–Kier alpha value is -2.46. The number of carbonyl (C=O) groups excluding carboxylic acids is 1. The Labute approximate surface area is 158 Å². The molecular weight excluding hydrogens is 342 g/mol. The number of benzene rings is 3. The van der Waals surface area contributed by atoms with E-state index >= 15 is 0 Å². The van der Waals surface area contributed by atoms with Gasteiger partial charge in [-0.25, -0.2) is 0 Å². The van der Waals surface area contributed by atoms with Gasteiger partial charge in [-0.05, 0) is 29.8 Å². The number of ether oxygens (including phenoxy) is 1. The minimum Gasteiger partial charge on any atom is -0.496 e. The van der Waals surface area contributed by atoms with E-state index in [0.717, 1.165) is 27.8 Å². The fourth-order valence-corrected chi connectivity index (χ4v) is 3.73. The van der Waals surface area contributed by atoms with Crippen LogP contribution in [0.15, 0.2) is 65.6 Å². The standard InChI is InChI=1S/C22H23NO2S/c1-15(2)26-17-10-8-16(9-11-17)14-22(24)23-20-12-13-21(25-3)19-7-5-4-6-18(19)20/h4-13,15H,14H2,1-3H3,(H,23,24). The number of hydrogen-bond acceptors (Lipinski definition) is 3. The van der Waals surface area contributed by atoms with Crippen LogP contribution in [0.1, 0.15) is 19.4 Å². The molecule has 0 saturated carbocycles. The number of hydrogen-bond donors (Lipinski definition) is 1. The van der Waals surface area contributed by atoms with Gasteiger partial charge in [0.1, 0.15) is 5.75 Å². The fourth-order valence-electron chi connectivity index (χ4n) is 2.90. The number of fused-ring (bicyclic) bond motifs is 1. The fraction of sp³-hybridized carbons (Fsp3) is 0.227. The van der Waals surface area contributed by atoms with Crippen molar-refractivity contribution in [2.45, 2.75) is 30.4 Å². The molecule has 3 aromatic rings. The average Bonchev–Trinajstić information content (AvgIpc) is 2.63. The molecule has 0 heterocycles. The molecule has 0 aliphatic carbocycles. The monoisotopic (exact) mass is 365 g/mol. The van der Waals surface area contributed by atoms with E-state index in [1.165, 1.54) is 4.90 Å². The Kier molecular flexibility index (Phi) is 5.84. The lowest BCUT2D eigenvalue weighted by Crippen LogP contribution is -2.14. The third-order valence-electron chi connectivity index (χ3n) is 4.04. The third kappa shape index (κ3) is 4.38. The first-order valence-corrected chi connectivity index (χ1v) is 9.56. The summed E-state index contributed by atoms with van der Waals surface area (Å²) >= 11 is 1.82. The third-order valence-corrected chi connectivity index (χ3v) is 5.05. The van der Waals surface area contributed by atoms with Crippen molar-refractivity contribution in [1.29, 1.82) is 0 Å². The highest BCUT2D eigenvalue weighted by Gasteiger charge is 2.10. The molecule has 3 aromatic carbocycles. The van der Waals surface area contributed by atoms with Gasteiger partial charge in [-0.15, -0.1) is 11.8 Å². The maximum Gasteiger partial charge on any atom is 0.228 e. The second-order valence-corrected chi connectivity index (χ2v) is 8.05. The van der Waals surface area contributed by atoms with Crippen LogP contribution in [-0.4, -0.2) is 18.3 Å². The van der Waals surface area contributed by atoms with Crippen LogP contribution in [0.5, 0.6) is 5.75 Å². The molecule has 0 aliphatic rings. The summed E-state index contributed by atoms with van der Waals surface area (Å²) in [6.45, 7) is 4.34. The highest BCUT2D eigenvalue weighted by atomic mass is 32.2. The van der Waals surface area contributed by atoms with Crippen molar-refractivity contribution in [3.05, 3.63) is 66.2 Å². The minimum absolute atomic E-state index is 0.0235. The van der Waals surface area contributed by atoms with Crippen molar-refractivity contribution >= 4 is 34.1 Å². The van der Waals surface area contributed by atoms with Gasteiger partial charge in [0.05, 0.1) is 13.5 Å². The highest BCUT2D eigenvalue weighted by Crippen LogP contribution is 2.31. The predicted molar refractivity (Wildman–Crippen MR) is 110 cm³/mol. The topological polar surface area (TPSA) is 38.3 Å². The van der Waals surface area contributed by atoms with E-state index in [1.807, 2.05) is 60.3 Å². The minimum atomic E-state index is -0.0235. The summed E-state index contributed by atoms with van der Waals surface area (Å²) in [6, 6.07) is 19.9. The maximum atomic E-state index is 12.5. The summed E-state index contributed by atoms with van der Waals surface area (Å²) < 4.78 is 5.41. The summed E-state index contributed by atoms with van der Waals surface area (Å²) in [7, 11) is 1.65. The van der Waals surface area contributed by atoms with E-state index in [2.05, 4.69) is 31.3 Å². The van der Waals surface area contributed by atoms with Gasteiger partial charge < -0.3 is 10.1 Å². The normalized spacial score (nSPS) is 10.9. The van der Waals surface area contributed by atoms with E-state index in [4.69, 9.17) is 4.74 Å². The van der Waals surface area contributed by atoms with Crippen LogP contribution < -0.4 is 10.1 Å². The smallest absolute Gasteiger partial charge is 0.228 e. The second-order valence-electron chi connectivity index (χ2n) is 6.40. The van der Waals surface area contributed by atoms with Crippen LogP contribution in [-0.2, 0) is 11.2 Å². The summed E-state index contributed by atoms with van der Waals surface area (Å²) in [4.78, 5) is 13.7. The molecule has 134 valence electrons. The molecule has 26 heavy (non-hydrogen) atoms. The van der Waals surface area contributed by atoms with Crippen molar-refractivity contribution in [3.8, 4) is 5.75 Å². The Morgan fingerprint density at radius 2 is 1.69 bits per heavy atom. The molecule has 0 bridgehead atoms. The van der Waals surface area contributed by atoms with Gasteiger partial charge in [-0.3, -0.25) is 4.79 Å². The first-order valence-electron chi connectivity index (χ1n) is 8.68. The van der Waals surface area contributed by atoms with E-state index < -0.39 is 0 Å². The highest BCUT2D eigenvalue weighted by molar-refractivity contribution is 7.99. The largest absolute Gasteiger partial charge is 0.496 e. The molecule has 3 nitrogen and oxygen atoms in total. The molecule has 0 radical (unpaired) electrons. The number of anilines is 1. The molecule has 0 aromatic heterocycles. The Balaban J connectivity index is 1.73. The molecule has 0 fully saturated rings. The average molecular weight is 365 g/mol. The van der Waals surface area contributed by atoms with Crippen molar-refractivity contribution < 1.29 is 9.53 Å². The molecular formula is C22H23NO2S. The zero-order valence-electron chi connectivity index (χ0n) is 15.3. The molecule has 4 heteroatoms. The van der Waals surface area contributed by atoms with Gasteiger partial charge >= 0.3 is 0 Å². The first-order chi connectivity index (χ1) is 12.6. The van der Waals surface area contributed by atoms with Crippen molar-refractivity contribution in [3.63, 3.8) is 0 Å². The number of amides is 1. The SMILES string of the molecule is COc1ccc(NC(=O)Cc2ccc(SC(C)C)cc2)c2ccccc12. The molecule has 0 aliphatic heterocycles. The van der Waals surface area contributed by atoms with Crippen molar-refractivity contribution in [1.82, 2.24) is 0 Å². The van der Waals surface area contributed by atoms with E-state index in [0.29, 0.717) is 11.7 Å². The first kappa shape index (κ1) is 18.3. The van der Waals surface area contributed by atoms with Gasteiger partial charge in [-0.2, -0.15) is 0 Å². The van der Waals surface area contributed by atoms with Gasteiger partial charge in [0.15, 0.2) is 0 Å². The van der Waals surface area contributed by atoms with Crippen LogP contribution in [0.4, 0.5) is 5.69 Å². The second kappa shape index (κ2) is 8.28. The van der Waals surface area contributed by atoms with Gasteiger partial charge in [-0.1, -0.05) is 50.2 Å². The van der Waals surface area contributed by atoms with Gasteiger partial charge in [0.2, 0.25) is 5.91 Å². The van der Waals surface area contributed by atoms with E-state index in [-0.39, 0.29) is 5.91 Å². The molecule has 0 unspecified atom stereocenters. The lowest BCUT2D eigenvalue weighted by atomic mass is 10.1. The number of nitrogens with one attached hydrogen (secondary N) is 1. The summed E-state index contributed by atoms with van der Waals surface area (Å²) in [5.41, 5.74) is 1.81. The van der Waals surface area contributed by atoms with Gasteiger partial charge in [0.25, 0.3) is 0 Å².